The quantitative estimate of drug-likeness (QED) is 0.837. The lowest BCUT2D eigenvalue weighted by atomic mass is 9.77. The molecule has 0 aromatic heterocycles. The van der Waals surface area contributed by atoms with E-state index in [0.29, 0.717) is 6.04 Å². The van der Waals surface area contributed by atoms with Crippen LogP contribution < -0.4 is 5.32 Å². The number of hydrogen-bond acceptors (Lipinski definition) is 3. The minimum Gasteiger partial charge on any atom is -0.341 e. The third kappa shape index (κ3) is 3.62. The molecule has 1 N–H and O–H groups in total. The first-order valence-corrected chi connectivity index (χ1v) is 7.78. The average Bonchev–Trinajstić information content (AvgIpc) is 2.27. The van der Waals surface area contributed by atoms with Crippen molar-refractivity contribution in [2.75, 3.05) is 25.6 Å². The van der Waals surface area contributed by atoms with E-state index in [4.69, 9.17) is 0 Å². The van der Waals surface area contributed by atoms with Gasteiger partial charge < -0.3 is 10.2 Å². The predicted octanol–water partition coefficient (Wildman–Crippen LogP) is 1.97. The first kappa shape index (κ1) is 14.8. The Morgan fingerprint density at radius 1 is 1.59 bits per heavy atom. The number of carbonyl (C=O) groups is 1. The van der Waals surface area contributed by atoms with Crippen molar-refractivity contribution in [3.63, 3.8) is 0 Å². The van der Waals surface area contributed by atoms with Gasteiger partial charge in [0.1, 0.15) is 0 Å². The molecule has 2 atom stereocenters. The minimum absolute atomic E-state index is 0.0226. The van der Waals surface area contributed by atoms with Gasteiger partial charge in [0, 0.05) is 18.8 Å². The highest BCUT2D eigenvalue weighted by atomic mass is 32.2. The number of likely N-dealkylation sites (N-methyl/N-ethyl adjacent to an activating group) is 1. The molecule has 0 aliphatic carbocycles. The fraction of sp³-hybridized carbons (Fsp3) is 0.923. The van der Waals surface area contributed by atoms with Gasteiger partial charge in [-0.3, -0.25) is 4.79 Å². The highest BCUT2D eigenvalue weighted by Crippen LogP contribution is 2.31. The monoisotopic (exact) mass is 258 g/mol. The van der Waals surface area contributed by atoms with Crippen LogP contribution in [0.1, 0.15) is 33.6 Å². The third-order valence-corrected chi connectivity index (χ3v) is 4.61. The van der Waals surface area contributed by atoms with E-state index in [9.17, 15) is 4.79 Å². The van der Waals surface area contributed by atoms with Crippen LogP contribution in [-0.2, 0) is 4.79 Å². The second kappa shape index (κ2) is 6.10. The SMILES string of the molecule is CSCC(C)N(C)C(=O)C1NCCCC1(C)C. The van der Waals surface area contributed by atoms with E-state index < -0.39 is 0 Å². The van der Waals surface area contributed by atoms with Gasteiger partial charge in [-0.05, 0) is 38.0 Å². The summed E-state index contributed by atoms with van der Waals surface area (Å²) >= 11 is 1.79. The van der Waals surface area contributed by atoms with Crippen molar-refractivity contribution in [1.29, 1.82) is 0 Å². The number of rotatable bonds is 4. The molecule has 4 heteroatoms. The molecule has 0 saturated carbocycles. The lowest BCUT2D eigenvalue weighted by Gasteiger charge is -2.41. The number of hydrogen-bond donors (Lipinski definition) is 1. The summed E-state index contributed by atoms with van der Waals surface area (Å²) in [6.45, 7) is 7.46. The van der Waals surface area contributed by atoms with Crippen LogP contribution in [0, 0.1) is 5.41 Å². The summed E-state index contributed by atoms with van der Waals surface area (Å²) in [6.07, 6.45) is 4.37. The molecule has 1 saturated heterocycles. The Morgan fingerprint density at radius 3 is 2.76 bits per heavy atom. The van der Waals surface area contributed by atoms with Gasteiger partial charge in [0.05, 0.1) is 6.04 Å². The smallest absolute Gasteiger partial charge is 0.240 e. The van der Waals surface area contributed by atoms with Gasteiger partial charge in [0.25, 0.3) is 0 Å². The Bertz CT molecular complexity index is 268. The zero-order valence-corrected chi connectivity index (χ0v) is 12.6. The maximum atomic E-state index is 12.5. The summed E-state index contributed by atoms with van der Waals surface area (Å²) < 4.78 is 0. The Hall–Kier alpha value is -0.220. The van der Waals surface area contributed by atoms with E-state index in [1.807, 2.05) is 11.9 Å². The summed E-state index contributed by atoms with van der Waals surface area (Å²) in [5.41, 5.74) is 0.0721. The van der Waals surface area contributed by atoms with Crippen molar-refractivity contribution in [3.05, 3.63) is 0 Å². The van der Waals surface area contributed by atoms with Gasteiger partial charge in [0.2, 0.25) is 5.91 Å². The molecule has 1 aliphatic heterocycles. The topological polar surface area (TPSA) is 32.3 Å². The largest absolute Gasteiger partial charge is 0.341 e. The van der Waals surface area contributed by atoms with Crippen LogP contribution in [0.25, 0.3) is 0 Å². The Kier molecular flexibility index (Phi) is 5.32. The van der Waals surface area contributed by atoms with E-state index in [1.165, 1.54) is 6.42 Å². The highest BCUT2D eigenvalue weighted by molar-refractivity contribution is 7.98. The molecular formula is C13H26N2OS. The number of carbonyl (C=O) groups excluding carboxylic acids is 1. The van der Waals surface area contributed by atoms with Crippen molar-refractivity contribution in [2.24, 2.45) is 5.41 Å². The van der Waals surface area contributed by atoms with E-state index in [0.717, 1.165) is 18.7 Å². The molecule has 1 heterocycles. The Labute approximate surface area is 110 Å². The van der Waals surface area contributed by atoms with Crippen molar-refractivity contribution >= 4 is 17.7 Å². The van der Waals surface area contributed by atoms with Crippen molar-refractivity contribution in [2.45, 2.75) is 45.7 Å². The number of amides is 1. The van der Waals surface area contributed by atoms with E-state index in [2.05, 4.69) is 32.3 Å². The van der Waals surface area contributed by atoms with E-state index >= 15 is 0 Å². The molecule has 0 aromatic carbocycles. The van der Waals surface area contributed by atoms with Crippen molar-refractivity contribution in [1.82, 2.24) is 10.2 Å². The first-order chi connectivity index (χ1) is 7.90. The van der Waals surface area contributed by atoms with Crippen molar-refractivity contribution in [3.8, 4) is 0 Å². The third-order valence-electron chi connectivity index (χ3n) is 3.79. The molecule has 1 rings (SSSR count). The predicted molar refractivity (Wildman–Crippen MR) is 75.4 cm³/mol. The normalized spacial score (nSPS) is 25.4. The Morgan fingerprint density at radius 2 is 2.24 bits per heavy atom. The molecule has 100 valence electrons. The highest BCUT2D eigenvalue weighted by Gasteiger charge is 2.39. The van der Waals surface area contributed by atoms with E-state index in [1.54, 1.807) is 11.8 Å². The zero-order chi connectivity index (χ0) is 13.1. The maximum absolute atomic E-state index is 12.5. The van der Waals surface area contributed by atoms with Crippen LogP contribution >= 0.6 is 11.8 Å². The summed E-state index contributed by atoms with van der Waals surface area (Å²) in [7, 11) is 1.93. The molecule has 17 heavy (non-hydrogen) atoms. The molecule has 0 spiro atoms. The molecule has 1 amide bonds. The molecule has 1 fully saturated rings. The van der Waals surface area contributed by atoms with Gasteiger partial charge in [-0.25, -0.2) is 0 Å². The van der Waals surface area contributed by atoms with Gasteiger partial charge in [0.15, 0.2) is 0 Å². The van der Waals surface area contributed by atoms with Crippen LogP contribution in [0.4, 0.5) is 0 Å². The molecular weight excluding hydrogens is 232 g/mol. The number of thioether (sulfide) groups is 1. The molecule has 0 bridgehead atoms. The van der Waals surface area contributed by atoms with Gasteiger partial charge in [-0.1, -0.05) is 13.8 Å². The van der Waals surface area contributed by atoms with Crippen LogP contribution in [0.2, 0.25) is 0 Å². The second-order valence-electron chi connectivity index (χ2n) is 5.73. The lowest BCUT2D eigenvalue weighted by Crippen LogP contribution is -2.57. The van der Waals surface area contributed by atoms with Gasteiger partial charge >= 0.3 is 0 Å². The van der Waals surface area contributed by atoms with Crippen LogP contribution in [0.3, 0.4) is 0 Å². The molecule has 0 aromatic rings. The maximum Gasteiger partial charge on any atom is 0.240 e. The Balaban J connectivity index is 2.67. The second-order valence-corrected chi connectivity index (χ2v) is 6.64. The van der Waals surface area contributed by atoms with E-state index in [-0.39, 0.29) is 17.4 Å². The fourth-order valence-corrected chi connectivity index (χ4v) is 3.11. The van der Waals surface area contributed by atoms with Gasteiger partial charge in [-0.2, -0.15) is 11.8 Å². The number of nitrogens with one attached hydrogen (secondary N) is 1. The standard InChI is InChI=1S/C13H26N2OS/c1-10(9-17-5)15(4)12(16)11-13(2,3)7-6-8-14-11/h10-11,14H,6-9H2,1-5H3. The summed E-state index contributed by atoms with van der Waals surface area (Å²) in [4.78, 5) is 14.4. The lowest BCUT2D eigenvalue weighted by molar-refractivity contribution is -0.137. The first-order valence-electron chi connectivity index (χ1n) is 6.39. The molecule has 3 nitrogen and oxygen atoms in total. The van der Waals surface area contributed by atoms with Crippen molar-refractivity contribution < 1.29 is 4.79 Å². The summed E-state index contributed by atoms with van der Waals surface area (Å²) in [5.74, 6) is 1.24. The van der Waals surface area contributed by atoms with Crippen LogP contribution in [0.15, 0.2) is 0 Å². The van der Waals surface area contributed by atoms with Gasteiger partial charge in [-0.15, -0.1) is 0 Å². The summed E-state index contributed by atoms with van der Waals surface area (Å²) in [5, 5.41) is 3.39. The molecule has 2 unspecified atom stereocenters. The fourth-order valence-electron chi connectivity index (χ4n) is 2.41. The number of nitrogens with zero attached hydrogens (tertiary/aromatic N) is 1. The minimum atomic E-state index is -0.0226. The molecule has 0 radical (unpaired) electrons. The number of piperidine rings is 1. The molecule has 1 aliphatic rings. The summed E-state index contributed by atoms with van der Waals surface area (Å²) in [6, 6.07) is 0.280. The van der Waals surface area contributed by atoms with Crippen LogP contribution in [0.5, 0.6) is 0 Å². The van der Waals surface area contributed by atoms with Crippen LogP contribution in [-0.4, -0.2) is 48.5 Å². The average molecular weight is 258 g/mol. The zero-order valence-electron chi connectivity index (χ0n) is 11.7.